The van der Waals surface area contributed by atoms with Gasteiger partial charge in [-0.2, -0.15) is 13.2 Å². The molecule has 1 aliphatic rings. The molecule has 0 radical (unpaired) electrons. The van der Waals surface area contributed by atoms with E-state index in [1.807, 2.05) is 0 Å². The summed E-state index contributed by atoms with van der Waals surface area (Å²) >= 11 is 0. The van der Waals surface area contributed by atoms with Crippen LogP contribution in [-0.4, -0.2) is 65.2 Å². The summed E-state index contributed by atoms with van der Waals surface area (Å²) in [6.07, 6.45) is -5.76. The second-order valence-corrected chi connectivity index (χ2v) is 8.70. The molecule has 1 atom stereocenters. The quantitative estimate of drug-likeness (QED) is 0.517. The van der Waals surface area contributed by atoms with Crippen molar-refractivity contribution in [3.05, 3.63) is 0 Å². The van der Waals surface area contributed by atoms with Crippen LogP contribution in [0.4, 0.5) is 18.0 Å². The van der Waals surface area contributed by atoms with Gasteiger partial charge in [-0.1, -0.05) is 13.8 Å². The molecule has 0 bridgehead atoms. The van der Waals surface area contributed by atoms with Gasteiger partial charge in [-0.15, -0.1) is 0 Å². The number of carboxylic acids is 1. The summed E-state index contributed by atoms with van der Waals surface area (Å²) in [4.78, 5) is 38.4. The minimum Gasteiger partial charge on any atom is -0.548 e. The third kappa shape index (κ3) is 9.57. The van der Waals surface area contributed by atoms with Gasteiger partial charge in [-0.05, 0) is 33.6 Å². The van der Waals surface area contributed by atoms with E-state index in [2.05, 4.69) is 0 Å². The van der Waals surface area contributed by atoms with Gasteiger partial charge in [0.1, 0.15) is 5.60 Å². The third-order valence-electron chi connectivity index (χ3n) is 4.27. The van der Waals surface area contributed by atoms with Gasteiger partial charge >= 0.3 is 41.8 Å². The van der Waals surface area contributed by atoms with Crippen LogP contribution in [0.2, 0.25) is 0 Å². The molecule has 1 saturated heterocycles. The van der Waals surface area contributed by atoms with E-state index in [1.54, 1.807) is 20.8 Å². The second-order valence-electron chi connectivity index (χ2n) is 8.70. The molecule has 0 aromatic carbocycles. The van der Waals surface area contributed by atoms with E-state index < -0.39 is 54.2 Å². The van der Waals surface area contributed by atoms with Crippen LogP contribution in [0.3, 0.4) is 0 Å². The molecule has 2 amide bonds. The molecule has 0 aliphatic carbocycles. The molecular formula is C18H28F3N2NaO5. The molecule has 0 aromatic rings. The number of carbonyl (C=O) groups excluding carboxylic acids is 3. The Morgan fingerprint density at radius 2 is 1.69 bits per heavy atom. The number of carboxylic acid groups (broad SMARTS) is 1. The van der Waals surface area contributed by atoms with Crippen LogP contribution in [-0.2, 0) is 14.3 Å². The molecule has 0 aromatic heterocycles. The van der Waals surface area contributed by atoms with E-state index in [0.29, 0.717) is 19.4 Å². The van der Waals surface area contributed by atoms with Crippen molar-refractivity contribution in [2.24, 2.45) is 5.41 Å². The van der Waals surface area contributed by atoms with Crippen molar-refractivity contribution in [2.75, 3.05) is 19.6 Å². The molecule has 1 fully saturated rings. The predicted octanol–water partition coefficient (Wildman–Crippen LogP) is -1.05. The number of halogens is 3. The molecule has 0 N–H and O–H groups in total. The number of nitrogens with zero attached hydrogens (tertiary/aromatic N) is 2. The fourth-order valence-corrected chi connectivity index (χ4v) is 3.17. The van der Waals surface area contributed by atoms with Gasteiger partial charge in [0.2, 0.25) is 5.91 Å². The van der Waals surface area contributed by atoms with Gasteiger partial charge in [0, 0.05) is 19.1 Å². The number of rotatable bonds is 5. The molecule has 1 rings (SSSR count). The number of amides is 2. The largest absolute Gasteiger partial charge is 1.00 e. The molecule has 1 aliphatic heterocycles. The zero-order valence-electron chi connectivity index (χ0n) is 17.9. The van der Waals surface area contributed by atoms with Crippen LogP contribution in [0.1, 0.15) is 53.9 Å². The van der Waals surface area contributed by atoms with Crippen molar-refractivity contribution in [3.8, 4) is 0 Å². The molecule has 1 heterocycles. The fraction of sp³-hybridized carbons (Fsp3) is 0.833. The summed E-state index contributed by atoms with van der Waals surface area (Å²) in [5.41, 5.74) is -2.58. The van der Waals surface area contributed by atoms with Gasteiger partial charge in [0.25, 0.3) is 0 Å². The Hall–Kier alpha value is -1.00. The first-order valence-electron chi connectivity index (χ1n) is 9.07. The number of ether oxygens (including phenoxy) is 1. The zero-order valence-corrected chi connectivity index (χ0v) is 19.9. The van der Waals surface area contributed by atoms with Gasteiger partial charge < -0.3 is 24.4 Å². The summed E-state index contributed by atoms with van der Waals surface area (Å²) in [5, 5.41) is 11.1. The maximum absolute atomic E-state index is 12.8. The molecule has 0 spiro atoms. The normalized spacial score (nSPS) is 17.9. The van der Waals surface area contributed by atoms with Gasteiger partial charge in [-0.25, -0.2) is 4.79 Å². The average molecular weight is 432 g/mol. The van der Waals surface area contributed by atoms with Crippen LogP contribution in [0, 0.1) is 5.41 Å². The van der Waals surface area contributed by atoms with Crippen LogP contribution in [0.25, 0.3) is 0 Å². The van der Waals surface area contributed by atoms with E-state index in [4.69, 9.17) is 4.74 Å². The zero-order chi connectivity index (χ0) is 21.9. The van der Waals surface area contributed by atoms with Crippen molar-refractivity contribution in [2.45, 2.75) is 71.7 Å². The van der Waals surface area contributed by atoms with E-state index in [9.17, 15) is 32.7 Å². The van der Waals surface area contributed by atoms with E-state index in [-0.39, 0.29) is 36.1 Å². The molecule has 0 unspecified atom stereocenters. The van der Waals surface area contributed by atoms with Crippen LogP contribution < -0.4 is 34.7 Å². The minimum atomic E-state index is -4.58. The number of hydrogen-bond donors (Lipinski definition) is 0. The Morgan fingerprint density at radius 1 is 1.14 bits per heavy atom. The number of aliphatic carboxylic acids is 1. The van der Waals surface area contributed by atoms with Gasteiger partial charge in [0.05, 0.1) is 24.3 Å². The molecule has 7 nitrogen and oxygen atoms in total. The van der Waals surface area contributed by atoms with E-state index in [1.165, 1.54) is 4.90 Å². The van der Waals surface area contributed by atoms with Crippen molar-refractivity contribution in [3.63, 3.8) is 0 Å². The Labute approximate surface area is 191 Å². The number of piperidine rings is 1. The fourth-order valence-electron chi connectivity index (χ4n) is 3.17. The van der Waals surface area contributed by atoms with Crippen molar-refractivity contribution < 1.29 is 67.0 Å². The first-order chi connectivity index (χ1) is 12.5. The summed E-state index contributed by atoms with van der Waals surface area (Å²) in [6.45, 7) is 6.82. The third-order valence-corrected chi connectivity index (χ3v) is 4.27. The summed E-state index contributed by atoms with van der Waals surface area (Å²) in [5.74, 6) is -2.52. The van der Waals surface area contributed by atoms with Crippen molar-refractivity contribution in [1.82, 2.24) is 9.80 Å². The maximum atomic E-state index is 12.8. The molecule has 29 heavy (non-hydrogen) atoms. The van der Waals surface area contributed by atoms with Crippen LogP contribution in [0.5, 0.6) is 0 Å². The number of alkyl halides is 3. The summed E-state index contributed by atoms with van der Waals surface area (Å²) < 4.78 is 43.8. The van der Waals surface area contributed by atoms with E-state index in [0.717, 1.165) is 18.7 Å². The Bertz CT molecular complexity index is 605. The number of likely N-dealkylation sites (tertiary alicyclic amines) is 1. The Kier molecular flexibility index (Phi) is 9.99. The topological polar surface area (TPSA) is 90.0 Å². The standard InChI is InChI=1S/C18H29F3N2O5.Na/c1-16(2,3)28-15(27)22-8-6-7-12(9-22)23(10-13(24)25)14(26)17(4,5)11-18(19,20)21;/h12H,6-11H2,1-5H3,(H,24,25);/q;+1/p-1/t12-;/m0./s1. The molecule has 0 saturated carbocycles. The van der Waals surface area contributed by atoms with Gasteiger partial charge in [-0.3, -0.25) is 4.79 Å². The van der Waals surface area contributed by atoms with Crippen LogP contribution in [0.15, 0.2) is 0 Å². The number of hydrogen-bond acceptors (Lipinski definition) is 5. The maximum Gasteiger partial charge on any atom is 1.00 e. The SMILES string of the molecule is CC(C)(C)OC(=O)N1CCC[C@H](N(CC(=O)[O-])C(=O)C(C)(C)CC(F)(F)F)C1.[Na+]. The monoisotopic (exact) mass is 432 g/mol. The van der Waals surface area contributed by atoms with Gasteiger partial charge in [0.15, 0.2) is 0 Å². The van der Waals surface area contributed by atoms with Crippen molar-refractivity contribution in [1.29, 1.82) is 0 Å². The number of carbonyl (C=O) groups is 3. The predicted molar refractivity (Wildman–Crippen MR) is 92.0 cm³/mol. The van der Waals surface area contributed by atoms with E-state index >= 15 is 0 Å². The van der Waals surface area contributed by atoms with Crippen molar-refractivity contribution >= 4 is 18.0 Å². The molecular weight excluding hydrogens is 404 g/mol. The smallest absolute Gasteiger partial charge is 0.548 e. The first-order valence-corrected chi connectivity index (χ1v) is 9.07. The summed E-state index contributed by atoms with van der Waals surface area (Å²) in [6, 6.07) is -0.737. The Morgan fingerprint density at radius 3 is 2.14 bits per heavy atom. The molecule has 11 heteroatoms. The second kappa shape index (κ2) is 10.3. The minimum absolute atomic E-state index is 0. The molecule has 162 valence electrons. The first kappa shape index (κ1) is 28.0. The Balaban J connectivity index is 0.00000784. The average Bonchev–Trinajstić information content (AvgIpc) is 2.48. The van der Waals surface area contributed by atoms with Crippen LogP contribution >= 0.6 is 0 Å². The summed E-state index contributed by atoms with van der Waals surface area (Å²) in [7, 11) is 0.